The third kappa shape index (κ3) is 5.33. The minimum atomic E-state index is 0.690. The normalized spacial score (nSPS) is 9.62. The highest BCUT2D eigenvalue weighted by molar-refractivity contribution is 5.41. The van der Waals surface area contributed by atoms with Crippen LogP contribution >= 0.6 is 0 Å². The summed E-state index contributed by atoms with van der Waals surface area (Å²) < 4.78 is 4.14. The molecule has 3 rings (SSSR count). The smallest absolute Gasteiger partial charge is 0.194 e. The molecule has 0 saturated heterocycles. The number of pyridine rings is 2. The van der Waals surface area contributed by atoms with Gasteiger partial charge < -0.3 is 0 Å². The molecule has 2 aromatic heterocycles. The molecule has 0 unspecified atom stereocenters. The lowest BCUT2D eigenvalue weighted by atomic mass is 10.1. The molecule has 2 heterocycles. The number of rotatable bonds is 2. The number of hydrogen-bond donors (Lipinski definition) is 0. The van der Waals surface area contributed by atoms with E-state index in [1.165, 1.54) is 11.1 Å². The quantitative estimate of drug-likeness (QED) is 0.501. The highest BCUT2D eigenvalue weighted by Crippen LogP contribution is 2.01. The molecule has 3 aromatic rings. The van der Waals surface area contributed by atoms with E-state index in [1.54, 1.807) is 0 Å². The van der Waals surface area contributed by atoms with Gasteiger partial charge >= 0.3 is 0 Å². The van der Waals surface area contributed by atoms with Gasteiger partial charge in [-0.05, 0) is 61.1 Å². The molecule has 0 atom stereocenters. The molecule has 26 heavy (non-hydrogen) atoms. The molecule has 0 aliphatic carbocycles. The minimum Gasteiger partial charge on any atom is -0.194 e. The summed E-state index contributed by atoms with van der Waals surface area (Å²) in [4.78, 5) is 0. The van der Waals surface area contributed by atoms with Crippen LogP contribution in [0.15, 0.2) is 73.3 Å². The summed E-state index contributed by atoms with van der Waals surface area (Å²) in [7, 11) is 0. The first-order chi connectivity index (χ1) is 12.7. The molecule has 0 aliphatic heterocycles. The molecule has 0 N–H and O–H groups in total. The fraction of sp³-hybridized carbons (Fsp3) is 0.167. The van der Waals surface area contributed by atoms with Gasteiger partial charge in [0, 0.05) is 35.4 Å². The Kier molecular flexibility index (Phi) is 5.81. The summed E-state index contributed by atoms with van der Waals surface area (Å²) in [6.45, 7) is 5.55. The summed E-state index contributed by atoms with van der Waals surface area (Å²) in [6, 6.07) is 16.4. The second kappa shape index (κ2) is 8.65. The standard InChI is InChI=1S/C24H22N2/c1-21-11-17-25(18-12-21)15-3-5-23-7-9-24(10-8-23)6-4-16-26-19-13-22(2)14-20-26/h7-14,17-20H,15-16H2,1-2H3/q+2. The Morgan fingerprint density at radius 3 is 1.27 bits per heavy atom. The van der Waals surface area contributed by atoms with Crippen LogP contribution in [0.3, 0.4) is 0 Å². The van der Waals surface area contributed by atoms with Crippen molar-refractivity contribution in [2.45, 2.75) is 26.9 Å². The van der Waals surface area contributed by atoms with E-state index in [0.29, 0.717) is 13.1 Å². The Balaban J connectivity index is 1.57. The zero-order chi connectivity index (χ0) is 18.2. The molecule has 0 saturated carbocycles. The van der Waals surface area contributed by atoms with Crippen molar-refractivity contribution < 1.29 is 9.13 Å². The number of aromatic nitrogens is 2. The summed E-state index contributed by atoms with van der Waals surface area (Å²) in [5.74, 6) is 12.8. The molecule has 2 heteroatoms. The number of nitrogens with zero attached hydrogens (tertiary/aromatic N) is 2. The fourth-order valence-corrected chi connectivity index (χ4v) is 2.38. The van der Waals surface area contributed by atoms with Crippen LogP contribution < -0.4 is 9.13 Å². The second-order valence-electron chi connectivity index (χ2n) is 6.28. The Bertz CT molecular complexity index is 891. The topological polar surface area (TPSA) is 7.76 Å². The lowest BCUT2D eigenvalue weighted by molar-refractivity contribution is -0.685. The zero-order valence-corrected chi connectivity index (χ0v) is 15.2. The molecule has 126 valence electrons. The average Bonchev–Trinajstić information content (AvgIpc) is 2.66. The van der Waals surface area contributed by atoms with E-state index in [-0.39, 0.29) is 0 Å². The number of aryl methyl sites for hydroxylation is 2. The summed E-state index contributed by atoms with van der Waals surface area (Å²) in [5.41, 5.74) is 4.53. The Morgan fingerprint density at radius 1 is 0.577 bits per heavy atom. The van der Waals surface area contributed by atoms with E-state index in [4.69, 9.17) is 0 Å². The van der Waals surface area contributed by atoms with E-state index in [0.717, 1.165) is 11.1 Å². The monoisotopic (exact) mass is 338 g/mol. The van der Waals surface area contributed by atoms with Gasteiger partial charge in [0.2, 0.25) is 13.1 Å². The molecule has 0 spiro atoms. The van der Waals surface area contributed by atoms with Crippen LogP contribution in [-0.4, -0.2) is 0 Å². The van der Waals surface area contributed by atoms with Crippen LogP contribution in [0.25, 0.3) is 0 Å². The molecule has 0 aliphatic rings. The highest BCUT2D eigenvalue weighted by atomic mass is 14.9. The first kappa shape index (κ1) is 17.5. The van der Waals surface area contributed by atoms with Crippen molar-refractivity contribution in [3.63, 3.8) is 0 Å². The van der Waals surface area contributed by atoms with Gasteiger partial charge in [-0.25, -0.2) is 0 Å². The van der Waals surface area contributed by atoms with Crippen molar-refractivity contribution in [2.75, 3.05) is 0 Å². The maximum atomic E-state index is 3.20. The van der Waals surface area contributed by atoms with Crippen molar-refractivity contribution in [1.29, 1.82) is 0 Å². The third-order valence-corrected chi connectivity index (χ3v) is 3.99. The van der Waals surface area contributed by atoms with E-state index in [1.807, 2.05) is 24.3 Å². The lowest BCUT2D eigenvalue weighted by Crippen LogP contribution is -2.31. The molecule has 1 aromatic carbocycles. The highest BCUT2D eigenvalue weighted by Gasteiger charge is 1.96. The van der Waals surface area contributed by atoms with Gasteiger partial charge in [-0.3, -0.25) is 0 Å². The van der Waals surface area contributed by atoms with Crippen molar-refractivity contribution in [1.82, 2.24) is 0 Å². The maximum Gasteiger partial charge on any atom is 0.209 e. The van der Waals surface area contributed by atoms with Crippen molar-refractivity contribution >= 4 is 0 Å². The Labute approximate surface area is 155 Å². The van der Waals surface area contributed by atoms with Crippen molar-refractivity contribution in [3.8, 4) is 23.7 Å². The average molecular weight is 338 g/mol. The van der Waals surface area contributed by atoms with Crippen molar-refractivity contribution in [3.05, 3.63) is 95.6 Å². The predicted octanol–water partition coefficient (Wildman–Crippen LogP) is 2.98. The lowest BCUT2D eigenvalue weighted by Gasteiger charge is -1.93. The third-order valence-electron chi connectivity index (χ3n) is 3.99. The SMILES string of the molecule is Cc1cc[n+](CC#Cc2ccc(C#CC[n+]3ccc(C)cc3)cc2)cc1. The molecule has 2 nitrogen and oxygen atoms in total. The summed E-state index contributed by atoms with van der Waals surface area (Å²) in [6.07, 6.45) is 8.20. The minimum absolute atomic E-state index is 0.690. The molecule has 0 amide bonds. The first-order valence-electron chi connectivity index (χ1n) is 8.68. The van der Waals surface area contributed by atoms with Gasteiger partial charge in [-0.2, -0.15) is 9.13 Å². The van der Waals surface area contributed by atoms with Crippen LogP contribution in [-0.2, 0) is 13.1 Å². The molecule has 0 radical (unpaired) electrons. The summed E-state index contributed by atoms with van der Waals surface area (Å²) in [5, 5.41) is 0. The molecule has 0 bridgehead atoms. The molecular formula is C24H22N2+2. The van der Waals surface area contributed by atoms with E-state index < -0.39 is 0 Å². The summed E-state index contributed by atoms with van der Waals surface area (Å²) >= 11 is 0. The zero-order valence-electron chi connectivity index (χ0n) is 15.2. The van der Waals surface area contributed by atoms with E-state index >= 15 is 0 Å². The molecule has 0 fully saturated rings. The van der Waals surface area contributed by atoms with Gasteiger partial charge in [-0.15, -0.1) is 0 Å². The predicted molar refractivity (Wildman–Crippen MR) is 103 cm³/mol. The first-order valence-corrected chi connectivity index (χ1v) is 8.68. The number of hydrogen-bond acceptors (Lipinski definition) is 0. The van der Waals surface area contributed by atoms with Gasteiger partial charge in [-0.1, -0.05) is 11.8 Å². The Hall–Kier alpha value is -3.36. The van der Waals surface area contributed by atoms with E-state index in [2.05, 4.69) is 95.7 Å². The van der Waals surface area contributed by atoms with Gasteiger partial charge in [0.1, 0.15) is 0 Å². The van der Waals surface area contributed by atoms with Crippen LogP contribution in [0.2, 0.25) is 0 Å². The van der Waals surface area contributed by atoms with E-state index in [9.17, 15) is 0 Å². The number of benzene rings is 1. The maximum absolute atomic E-state index is 3.20. The van der Waals surface area contributed by atoms with Crippen LogP contribution in [0.5, 0.6) is 0 Å². The van der Waals surface area contributed by atoms with Gasteiger partial charge in [0.05, 0.1) is 0 Å². The van der Waals surface area contributed by atoms with Crippen LogP contribution in [0, 0.1) is 37.5 Å². The second-order valence-corrected chi connectivity index (χ2v) is 6.28. The van der Waals surface area contributed by atoms with Gasteiger partial charge in [0.25, 0.3) is 0 Å². The largest absolute Gasteiger partial charge is 0.209 e. The van der Waals surface area contributed by atoms with Crippen LogP contribution in [0.4, 0.5) is 0 Å². The Morgan fingerprint density at radius 2 is 0.923 bits per heavy atom. The van der Waals surface area contributed by atoms with Crippen molar-refractivity contribution in [2.24, 2.45) is 0 Å². The van der Waals surface area contributed by atoms with Crippen LogP contribution in [0.1, 0.15) is 22.3 Å². The van der Waals surface area contributed by atoms with Gasteiger partial charge in [0.15, 0.2) is 24.8 Å². The molecular weight excluding hydrogens is 316 g/mol. The fourth-order valence-electron chi connectivity index (χ4n) is 2.38.